The minimum atomic E-state index is 0.507. The normalized spacial score (nSPS) is 25.4. The lowest BCUT2D eigenvalue weighted by Gasteiger charge is -2.40. The van der Waals surface area contributed by atoms with E-state index in [0.717, 1.165) is 18.9 Å². The summed E-state index contributed by atoms with van der Waals surface area (Å²) in [5, 5.41) is 3.79. The number of hydrogen-bond donors (Lipinski definition) is 1. The summed E-state index contributed by atoms with van der Waals surface area (Å²) in [4.78, 5) is 0. The molecule has 0 spiro atoms. The van der Waals surface area contributed by atoms with Gasteiger partial charge in [-0.25, -0.2) is 0 Å². The minimum Gasteiger partial charge on any atom is -0.384 e. The molecule has 0 amide bonds. The first-order valence-electron chi connectivity index (χ1n) is 7.85. The maximum absolute atomic E-state index is 5.21. The molecule has 0 bridgehead atoms. The van der Waals surface area contributed by atoms with Crippen LogP contribution in [0.3, 0.4) is 0 Å². The smallest absolute Gasteiger partial charge is 0.0503 e. The van der Waals surface area contributed by atoms with Gasteiger partial charge in [-0.3, -0.25) is 0 Å². The maximum Gasteiger partial charge on any atom is 0.0503 e. The van der Waals surface area contributed by atoms with Crippen molar-refractivity contribution in [1.82, 2.24) is 0 Å². The summed E-state index contributed by atoms with van der Waals surface area (Å²) < 4.78 is 5.21. The summed E-state index contributed by atoms with van der Waals surface area (Å²) >= 11 is 0. The lowest BCUT2D eigenvalue weighted by Crippen LogP contribution is -2.37. The molecule has 2 heteroatoms. The topological polar surface area (TPSA) is 21.3 Å². The summed E-state index contributed by atoms with van der Waals surface area (Å²) in [5.74, 6) is 0.731. The predicted molar refractivity (Wildman–Crippen MR) is 86.2 cm³/mol. The standard InChI is InChI=1S/C18H29NO/c1-14-13-18(2,3)11-9-16(14)19-17-8-6-5-7-15(17)10-12-20-4/h5-8,14,16,19H,9-13H2,1-4H3. The molecule has 0 aliphatic heterocycles. The van der Waals surface area contributed by atoms with Crippen LogP contribution in [0.25, 0.3) is 0 Å². The molecule has 2 atom stereocenters. The molecule has 1 aliphatic rings. The van der Waals surface area contributed by atoms with Crippen LogP contribution >= 0.6 is 0 Å². The van der Waals surface area contributed by atoms with E-state index in [0.29, 0.717) is 11.5 Å². The molecular weight excluding hydrogens is 246 g/mol. The van der Waals surface area contributed by atoms with Gasteiger partial charge in [0.1, 0.15) is 0 Å². The molecule has 2 nitrogen and oxygen atoms in total. The molecule has 2 unspecified atom stereocenters. The Morgan fingerprint density at radius 3 is 2.75 bits per heavy atom. The minimum absolute atomic E-state index is 0.507. The van der Waals surface area contributed by atoms with Gasteiger partial charge in [0.05, 0.1) is 6.61 Å². The second-order valence-electron chi connectivity index (χ2n) is 7.04. The molecule has 1 fully saturated rings. The number of benzene rings is 1. The highest BCUT2D eigenvalue weighted by atomic mass is 16.5. The van der Waals surface area contributed by atoms with Crippen LogP contribution in [0.4, 0.5) is 5.69 Å². The molecule has 1 saturated carbocycles. The van der Waals surface area contributed by atoms with E-state index < -0.39 is 0 Å². The first kappa shape index (κ1) is 15.4. The summed E-state index contributed by atoms with van der Waals surface area (Å²) in [6, 6.07) is 9.25. The Kier molecular flexibility index (Phi) is 5.09. The van der Waals surface area contributed by atoms with Crippen molar-refractivity contribution in [2.75, 3.05) is 19.0 Å². The third-order valence-corrected chi connectivity index (χ3v) is 4.63. The fraction of sp³-hybridized carbons (Fsp3) is 0.667. The Hall–Kier alpha value is -1.02. The van der Waals surface area contributed by atoms with Gasteiger partial charge in [0.25, 0.3) is 0 Å². The van der Waals surface area contributed by atoms with Crippen LogP contribution in [0.5, 0.6) is 0 Å². The Bertz CT molecular complexity index is 427. The Balaban J connectivity index is 2.03. The summed E-state index contributed by atoms with van der Waals surface area (Å²) in [6.45, 7) is 7.96. The third kappa shape index (κ3) is 3.99. The van der Waals surface area contributed by atoms with E-state index in [-0.39, 0.29) is 0 Å². The molecule has 1 aliphatic carbocycles. The van der Waals surface area contributed by atoms with Gasteiger partial charge in [-0.15, -0.1) is 0 Å². The van der Waals surface area contributed by atoms with Crippen molar-refractivity contribution < 1.29 is 4.74 Å². The zero-order valence-corrected chi connectivity index (χ0v) is 13.4. The zero-order valence-electron chi connectivity index (χ0n) is 13.4. The Morgan fingerprint density at radius 2 is 2.05 bits per heavy atom. The van der Waals surface area contributed by atoms with Crippen molar-refractivity contribution in [3.63, 3.8) is 0 Å². The van der Waals surface area contributed by atoms with Crippen molar-refractivity contribution in [2.24, 2.45) is 11.3 Å². The van der Waals surface area contributed by atoms with E-state index in [1.807, 2.05) is 0 Å². The lowest BCUT2D eigenvalue weighted by atomic mass is 9.70. The van der Waals surface area contributed by atoms with Gasteiger partial charge in [-0.2, -0.15) is 0 Å². The van der Waals surface area contributed by atoms with Crippen LogP contribution in [0.1, 0.15) is 45.6 Å². The van der Waals surface area contributed by atoms with E-state index in [1.165, 1.54) is 30.5 Å². The molecule has 20 heavy (non-hydrogen) atoms. The van der Waals surface area contributed by atoms with Crippen LogP contribution in [-0.2, 0) is 11.2 Å². The van der Waals surface area contributed by atoms with E-state index >= 15 is 0 Å². The summed E-state index contributed by atoms with van der Waals surface area (Å²) in [7, 11) is 1.77. The molecule has 2 rings (SSSR count). The second kappa shape index (κ2) is 6.62. The summed E-state index contributed by atoms with van der Waals surface area (Å²) in [5.41, 5.74) is 3.17. The van der Waals surface area contributed by atoms with E-state index in [1.54, 1.807) is 7.11 Å². The van der Waals surface area contributed by atoms with Crippen molar-refractivity contribution in [3.05, 3.63) is 29.8 Å². The predicted octanol–water partition coefficient (Wildman–Crippen LogP) is 4.50. The number of ether oxygens (including phenoxy) is 1. The molecule has 1 N–H and O–H groups in total. The van der Waals surface area contributed by atoms with E-state index in [2.05, 4.69) is 50.4 Å². The second-order valence-corrected chi connectivity index (χ2v) is 7.04. The number of anilines is 1. The van der Waals surface area contributed by atoms with Gasteiger partial charge >= 0.3 is 0 Å². The average molecular weight is 275 g/mol. The maximum atomic E-state index is 5.21. The lowest BCUT2D eigenvalue weighted by molar-refractivity contribution is 0.177. The van der Waals surface area contributed by atoms with E-state index in [4.69, 9.17) is 4.74 Å². The number of rotatable bonds is 5. The molecule has 0 heterocycles. The summed E-state index contributed by atoms with van der Waals surface area (Å²) in [6.07, 6.45) is 4.87. The van der Waals surface area contributed by atoms with Gasteiger partial charge in [0.15, 0.2) is 0 Å². The molecule has 112 valence electrons. The average Bonchev–Trinajstić information content (AvgIpc) is 2.40. The highest BCUT2D eigenvalue weighted by molar-refractivity contribution is 5.52. The van der Waals surface area contributed by atoms with Gasteiger partial charge in [-0.1, -0.05) is 39.0 Å². The fourth-order valence-electron chi connectivity index (χ4n) is 3.45. The highest BCUT2D eigenvalue weighted by Crippen LogP contribution is 2.39. The largest absolute Gasteiger partial charge is 0.384 e. The zero-order chi connectivity index (χ0) is 14.6. The molecule has 0 radical (unpaired) electrons. The molecule has 1 aromatic carbocycles. The third-order valence-electron chi connectivity index (χ3n) is 4.63. The molecule has 1 aromatic rings. The Morgan fingerprint density at radius 1 is 1.30 bits per heavy atom. The first-order chi connectivity index (χ1) is 9.52. The molecule has 0 aromatic heterocycles. The van der Waals surface area contributed by atoms with Gasteiger partial charge in [0.2, 0.25) is 0 Å². The SMILES string of the molecule is COCCc1ccccc1NC1CCC(C)(C)CC1C. The van der Waals surface area contributed by atoms with Crippen molar-refractivity contribution in [2.45, 2.75) is 52.5 Å². The van der Waals surface area contributed by atoms with Crippen LogP contribution < -0.4 is 5.32 Å². The van der Waals surface area contributed by atoms with Crippen molar-refractivity contribution in [1.29, 1.82) is 0 Å². The van der Waals surface area contributed by atoms with Gasteiger partial charge in [0, 0.05) is 18.8 Å². The number of hydrogen-bond acceptors (Lipinski definition) is 2. The monoisotopic (exact) mass is 275 g/mol. The number of nitrogens with one attached hydrogen (secondary N) is 1. The quantitative estimate of drug-likeness (QED) is 0.854. The Labute approximate surface area is 123 Å². The van der Waals surface area contributed by atoms with Crippen LogP contribution in [0.15, 0.2) is 24.3 Å². The first-order valence-corrected chi connectivity index (χ1v) is 7.85. The molecule has 0 saturated heterocycles. The number of para-hydroxylation sites is 1. The van der Waals surface area contributed by atoms with Crippen LogP contribution in [0, 0.1) is 11.3 Å². The molecular formula is C18H29NO. The van der Waals surface area contributed by atoms with Gasteiger partial charge in [-0.05, 0) is 48.6 Å². The van der Waals surface area contributed by atoms with Crippen LogP contribution in [-0.4, -0.2) is 19.8 Å². The fourth-order valence-corrected chi connectivity index (χ4v) is 3.45. The van der Waals surface area contributed by atoms with E-state index in [9.17, 15) is 0 Å². The highest BCUT2D eigenvalue weighted by Gasteiger charge is 2.32. The van der Waals surface area contributed by atoms with Gasteiger partial charge < -0.3 is 10.1 Å². The number of methoxy groups -OCH3 is 1. The van der Waals surface area contributed by atoms with Crippen LogP contribution in [0.2, 0.25) is 0 Å². The van der Waals surface area contributed by atoms with Crippen molar-refractivity contribution >= 4 is 5.69 Å². The van der Waals surface area contributed by atoms with Crippen molar-refractivity contribution in [3.8, 4) is 0 Å².